The number of ketones is 1. The van der Waals surface area contributed by atoms with E-state index in [-0.39, 0.29) is 12.4 Å². The monoisotopic (exact) mass is 234 g/mol. The first-order valence-electron chi connectivity index (χ1n) is 5.43. The Hall–Kier alpha value is -1.49. The van der Waals surface area contributed by atoms with Crippen LogP contribution in [0.3, 0.4) is 0 Å². The number of benzene rings is 1. The first-order chi connectivity index (χ1) is 8.29. The molecule has 0 amide bonds. The van der Waals surface area contributed by atoms with E-state index in [1.165, 1.54) is 6.08 Å². The van der Waals surface area contributed by atoms with Crippen LogP contribution in [-0.4, -0.2) is 29.9 Å². The molecule has 1 aromatic carbocycles. The molecule has 2 atom stereocenters. The fourth-order valence-electron chi connectivity index (χ4n) is 1.54. The van der Waals surface area contributed by atoms with E-state index in [0.717, 1.165) is 5.56 Å². The number of ether oxygens (including phenoxy) is 2. The SMILES string of the molecule is O=C1C=C[C@H](OCc2ccccc2)O[C@H]1CO. The Morgan fingerprint density at radius 1 is 1.29 bits per heavy atom. The van der Waals surface area contributed by atoms with E-state index >= 15 is 0 Å². The smallest absolute Gasteiger partial charge is 0.186 e. The van der Waals surface area contributed by atoms with Crippen LogP contribution < -0.4 is 0 Å². The van der Waals surface area contributed by atoms with Gasteiger partial charge in [0, 0.05) is 0 Å². The second-order valence-corrected chi connectivity index (χ2v) is 3.73. The zero-order chi connectivity index (χ0) is 12.1. The summed E-state index contributed by atoms with van der Waals surface area (Å²) in [6, 6.07) is 9.68. The van der Waals surface area contributed by atoms with E-state index < -0.39 is 12.4 Å². The van der Waals surface area contributed by atoms with Gasteiger partial charge in [-0.2, -0.15) is 0 Å². The molecule has 0 aromatic heterocycles. The molecule has 1 heterocycles. The van der Waals surface area contributed by atoms with Crippen LogP contribution in [0.4, 0.5) is 0 Å². The van der Waals surface area contributed by atoms with Gasteiger partial charge in [-0.15, -0.1) is 0 Å². The molecule has 0 radical (unpaired) electrons. The third kappa shape index (κ3) is 3.23. The van der Waals surface area contributed by atoms with Crippen LogP contribution in [0.1, 0.15) is 5.56 Å². The van der Waals surface area contributed by atoms with Gasteiger partial charge >= 0.3 is 0 Å². The highest BCUT2D eigenvalue weighted by atomic mass is 16.7. The zero-order valence-corrected chi connectivity index (χ0v) is 9.28. The Balaban J connectivity index is 1.88. The van der Waals surface area contributed by atoms with Crippen molar-refractivity contribution in [1.29, 1.82) is 0 Å². The minimum atomic E-state index is -0.805. The minimum absolute atomic E-state index is 0.230. The Kier molecular flexibility index (Phi) is 4.03. The molecule has 0 aliphatic carbocycles. The lowest BCUT2D eigenvalue weighted by Gasteiger charge is -2.23. The van der Waals surface area contributed by atoms with Gasteiger partial charge in [0.1, 0.15) is 6.10 Å². The van der Waals surface area contributed by atoms with E-state index in [0.29, 0.717) is 6.61 Å². The molecule has 17 heavy (non-hydrogen) atoms. The minimum Gasteiger partial charge on any atom is -0.393 e. The van der Waals surface area contributed by atoms with Crippen LogP contribution in [0, 0.1) is 0 Å². The topological polar surface area (TPSA) is 55.8 Å². The van der Waals surface area contributed by atoms with Crippen LogP contribution >= 0.6 is 0 Å². The first kappa shape index (κ1) is 12.0. The molecular formula is C13H14O4. The molecule has 4 heteroatoms. The van der Waals surface area contributed by atoms with Gasteiger partial charge in [-0.1, -0.05) is 30.3 Å². The normalized spacial score (nSPS) is 23.9. The van der Waals surface area contributed by atoms with E-state index in [4.69, 9.17) is 14.6 Å². The first-order valence-corrected chi connectivity index (χ1v) is 5.43. The number of carbonyl (C=O) groups is 1. The van der Waals surface area contributed by atoms with Gasteiger partial charge in [0.05, 0.1) is 13.2 Å². The molecular weight excluding hydrogens is 220 g/mol. The maximum absolute atomic E-state index is 11.2. The van der Waals surface area contributed by atoms with Crippen molar-refractivity contribution >= 4 is 5.78 Å². The van der Waals surface area contributed by atoms with Crippen LogP contribution in [0.2, 0.25) is 0 Å². The predicted octanol–water partition coefficient (Wildman–Crippen LogP) is 1.05. The van der Waals surface area contributed by atoms with E-state index in [1.54, 1.807) is 6.08 Å². The molecule has 1 aliphatic rings. The van der Waals surface area contributed by atoms with Crippen molar-refractivity contribution < 1.29 is 19.4 Å². The molecule has 4 nitrogen and oxygen atoms in total. The molecule has 0 fully saturated rings. The highest BCUT2D eigenvalue weighted by molar-refractivity contribution is 5.94. The summed E-state index contributed by atoms with van der Waals surface area (Å²) in [5.74, 6) is -0.230. The second-order valence-electron chi connectivity index (χ2n) is 3.73. The number of carbonyl (C=O) groups excluding carboxylic acids is 1. The number of hydrogen-bond acceptors (Lipinski definition) is 4. The van der Waals surface area contributed by atoms with Gasteiger partial charge in [0.15, 0.2) is 12.1 Å². The van der Waals surface area contributed by atoms with Crippen molar-refractivity contribution in [3.63, 3.8) is 0 Å². The summed E-state index contributed by atoms with van der Waals surface area (Å²) in [6.07, 6.45) is 1.56. The third-order valence-electron chi connectivity index (χ3n) is 2.46. The molecule has 0 unspecified atom stereocenters. The summed E-state index contributed by atoms with van der Waals surface area (Å²) in [5.41, 5.74) is 1.03. The van der Waals surface area contributed by atoms with Gasteiger partial charge < -0.3 is 14.6 Å². The van der Waals surface area contributed by atoms with E-state index in [2.05, 4.69) is 0 Å². The van der Waals surface area contributed by atoms with Crippen molar-refractivity contribution in [3.05, 3.63) is 48.0 Å². The largest absolute Gasteiger partial charge is 0.393 e. The Morgan fingerprint density at radius 2 is 2.06 bits per heavy atom. The van der Waals surface area contributed by atoms with E-state index in [9.17, 15) is 4.79 Å². The quantitative estimate of drug-likeness (QED) is 0.846. The Labute approximate surface area is 99.5 Å². The number of aliphatic hydroxyl groups excluding tert-OH is 1. The molecule has 1 aliphatic heterocycles. The Bertz CT molecular complexity index is 399. The van der Waals surface area contributed by atoms with Crippen molar-refractivity contribution in [2.24, 2.45) is 0 Å². The van der Waals surface area contributed by atoms with Crippen LogP contribution in [0.15, 0.2) is 42.5 Å². The molecule has 0 saturated heterocycles. The summed E-state index contributed by atoms with van der Waals surface area (Å²) >= 11 is 0. The highest BCUT2D eigenvalue weighted by Gasteiger charge is 2.24. The standard InChI is InChI=1S/C13H14O4/c14-8-12-11(15)6-7-13(17-12)16-9-10-4-2-1-3-5-10/h1-7,12-14H,8-9H2/t12-,13+/m0/s1. The summed E-state index contributed by atoms with van der Waals surface area (Å²) in [5, 5.41) is 8.93. The lowest BCUT2D eigenvalue weighted by atomic mass is 10.2. The summed E-state index contributed by atoms with van der Waals surface area (Å²) in [4.78, 5) is 11.2. The van der Waals surface area contributed by atoms with Gasteiger partial charge in [-0.3, -0.25) is 4.79 Å². The number of aliphatic hydroxyl groups is 1. The zero-order valence-electron chi connectivity index (χ0n) is 9.28. The van der Waals surface area contributed by atoms with Gasteiger partial charge in [-0.25, -0.2) is 0 Å². The average molecular weight is 234 g/mol. The molecule has 1 N–H and O–H groups in total. The summed E-state index contributed by atoms with van der Waals surface area (Å²) in [6.45, 7) is 0.0799. The molecule has 0 spiro atoms. The lowest BCUT2D eigenvalue weighted by molar-refractivity contribution is -0.172. The lowest BCUT2D eigenvalue weighted by Crippen LogP contribution is -2.35. The summed E-state index contributed by atoms with van der Waals surface area (Å²) < 4.78 is 10.7. The molecule has 0 saturated carbocycles. The van der Waals surface area contributed by atoms with Crippen LogP contribution in [0.25, 0.3) is 0 Å². The molecule has 0 bridgehead atoms. The highest BCUT2D eigenvalue weighted by Crippen LogP contribution is 2.12. The van der Waals surface area contributed by atoms with Gasteiger partial charge in [0.2, 0.25) is 0 Å². The maximum Gasteiger partial charge on any atom is 0.186 e. The molecule has 2 rings (SSSR count). The van der Waals surface area contributed by atoms with Gasteiger partial charge in [0.25, 0.3) is 0 Å². The van der Waals surface area contributed by atoms with Crippen molar-refractivity contribution in [3.8, 4) is 0 Å². The predicted molar refractivity (Wildman–Crippen MR) is 61.1 cm³/mol. The van der Waals surface area contributed by atoms with Crippen molar-refractivity contribution in [1.82, 2.24) is 0 Å². The van der Waals surface area contributed by atoms with Crippen LogP contribution in [-0.2, 0) is 20.9 Å². The number of rotatable bonds is 4. The molecule has 1 aromatic rings. The number of hydrogen-bond donors (Lipinski definition) is 1. The fourth-order valence-corrected chi connectivity index (χ4v) is 1.54. The Morgan fingerprint density at radius 3 is 2.76 bits per heavy atom. The fraction of sp³-hybridized carbons (Fsp3) is 0.308. The summed E-state index contributed by atoms with van der Waals surface area (Å²) in [7, 11) is 0. The average Bonchev–Trinajstić information content (AvgIpc) is 2.39. The third-order valence-corrected chi connectivity index (χ3v) is 2.46. The van der Waals surface area contributed by atoms with Gasteiger partial charge in [-0.05, 0) is 17.7 Å². The van der Waals surface area contributed by atoms with Crippen LogP contribution in [0.5, 0.6) is 0 Å². The molecule has 90 valence electrons. The van der Waals surface area contributed by atoms with Crippen molar-refractivity contribution in [2.75, 3.05) is 6.61 Å². The maximum atomic E-state index is 11.2. The van der Waals surface area contributed by atoms with E-state index in [1.807, 2.05) is 30.3 Å². The second kappa shape index (κ2) is 5.72. The van der Waals surface area contributed by atoms with Crippen molar-refractivity contribution in [2.45, 2.75) is 19.0 Å².